The average molecular weight is 412 g/mol. The molecule has 1 unspecified atom stereocenters. The number of carbonyl (C=O) groups excluding carboxylic acids is 2. The van der Waals surface area contributed by atoms with Gasteiger partial charge in [0.25, 0.3) is 11.8 Å². The molecule has 0 fully saturated rings. The van der Waals surface area contributed by atoms with Gasteiger partial charge in [0, 0.05) is 23.5 Å². The first-order valence-electron chi connectivity index (χ1n) is 10.6. The Morgan fingerprint density at radius 3 is 2.32 bits per heavy atom. The van der Waals surface area contributed by atoms with Crippen LogP contribution in [-0.4, -0.2) is 18.4 Å². The van der Waals surface area contributed by atoms with Crippen LogP contribution in [0.5, 0.6) is 0 Å². The molecule has 31 heavy (non-hydrogen) atoms. The van der Waals surface area contributed by atoms with E-state index in [-0.39, 0.29) is 17.7 Å². The van der Waals surface area contributed by atoms with Crippen molar-refractivity contribution >= 4 is 28.9 Å². The van der Waals surface area contributed by atoms with Crippen LogP contribution in [0, 0.1) is 12.8 Å². The number of hydrogen-bond donors (Lipinski definition) is 1. The van der Waals surface area contributed by atoms with Gasteiger partial charge in [-0.25, -0.2) is 0 Å². The minimum Gasteiger partial charge on any atom is -0.350 e. The summed E-state index contributed by atoms with van der Waals surface area (Å²) in [6.07, 6.45) is 0. The molecule has 156 valence electrons. The van der Waals surface area contributed by atoms with Crippen LogP contribution in [0.3, 0.4) is 0 Å². The largest absolute Gasteiger partial charge is 0.350 e. The van der Waals surface area contributed by atoms with Crippen molar-refractivity contribution in [1.29, 1.82) is 0 Å². The van der Waals surface area contributed by atoms with Crippen molar-refractivity contribution < 1.29 is 9.59 Å². The summed E-state index contributed by atoms with van der Waals surface area (Å²) < 4.78 is 0. The first-order chi connectivity index (χ1) is 14.9. The number of fused-ring (bicyclic) bond motifs is 3. The van der Waals surface area contributed by atoms with Crippen molar-refractivity contribution in [3.8, 4) is 0 Å². The molecule has 3 aromatic rings. The molecule has 2 heterocycles. The summed E-state index contributed by atoms with van der Waals surface area (Å²) in [5.41, 5.74) is 3.32. The zero-order valence-corrected chi connectivity index (χ0v) is 17.9. The lowest BCUT2D eigenvalue weighted by Gasteiger charge is -2.45. The lowest BCUT2D eigenvalue weighted by atomic mass is 9.92. The molecule has 5 rings (SSSR count). The molecule has 0 radical (unpaired) electrons. The summed E-state index contributed by atoms with van der Waals surface area (Å²) >= 11 is 0. The second-order valence-corrected chi connectivity index (χ2v) is 8.68. The SMILES string of the molecule is Cc1ccc(N2C(=O)c3ccccc3NC23C(=O)N(CC(C)C)c2ccccc23)cc1. The monoisotopic (exact) mass is 411 g/mol. The number of para-hydroxylation sites is 2. The maximum atomic E-state index is 14.2. The van der Waals surface area contributed by atoms with Gasteiger partial charge >= 0.3 is 0 Å². The second kappa shape index (κ2) is 6.98. The van der Waals surface area contributed by atoms with E-state index in [1.807, 2.05) is 78.6 Å². The van der Waals surface area contributed by atoms with E-state index in [0.29, 0.717) is 23.5 Å². The van der Waals surface area contributed by atoms with Crippen molar-refractivity contribution in [3.63, 3.8) is 0 Å². The van der Waals surface area contributed by atoms with Crippen LogP contribution >= 0.6 is 0 Å². The van der Waals surface area contributed by atoms with Gasteiger partial charge in [-0.05, 0) is 43.2 Å². The first kappa shape index (κ1) is 19.4. The smallest absolute Gasteiger partial charge is 0.279 e. The second-order valence-electron chi connectivity index (χ2n) is 8.68. The Balaban J connectivity index is 1.79. The van der Waals surface area contributed by atoms with Crippen LogP contribution in [0.4, 0.5) is 17.1 Å². The Kier molecular flexibility index (Phi) is 4.36. The van der Waals surface area contributed by atoms with Crippen molar-refractivity contribution in [3.05, 3.63) is 89.5 Å². The Labute approximate surface area is 182 Å². The molecule has 3 aromatic carbocycles. The van der Waals surface area contributed by atoms with Crippen molar-refractivity contribution in [2.75, 3.05) is 21.7 Å². The summed E-state index contributed by atoms with van der Waals surface area (Å²) in [6.45, 7) is 6.77. The van der Waals surface area contributed by atoms with Crippen molar-refractivity contribution in [2.45, 2.75) is 26.4 Å². The van der Waals surface area contributed by atoms with Crippen LogP contribution < -0.4 is 15.1 Å². The molecule has 2 aliphatic heterocycles. The van der Waals surface area contributed by atoms with Crippen LogP contribution in [0.2, 0.25) is 0 Å². The summed E-state index contributed by atoms with van der Waals surface area (Å²) in [5, 5.41) is 3.49. The summed E-state index contributed by atoms with van der Waals surface area (Å²) in [7, 11) is 0. The van der Waals surface area contributed by atoms with Crippen LogP contribution in [0.25, 0.3) is 0 Å². The fraction of sp³-hybridized carbons (Fsp3) is 0.231. The number of rotatable bonds is 3. The highest BCUT2D eigenvalue weighted by molar-refractivity contribution is 6.22. The van der Waals surface area contributed by atoms with E-state index < -0.39 is 5.66 Å². The molecule has 0 bridgehead atoms. The van der Waals surface area contributed by atoms with Gasteiger partial charge in [0.15, 0.2) is 0 Å². The summed E-state index contributed by atoms with van der Waals surface area (Å²) in [5.74, 6) is -0.0369. The molecule has 2 amide bonds. The average Bonchev–Trinajstić information content (AvgIpc) is 2.98. The molecular weight excluding hydrogens is 386 g/mol. The fourth-order valence-corrected chi connectivity index (χ4v) is 4.63. The van der Waals surface area contributed by atoms with Gasteiger partial charge in [-0.15, -0.1) is 0 Å². The predicted molar refractivity (Wildman–Crippen MR) is 123 cm³/mol. The number of anilines is 3. The van der Waals surface area contributed by atoms with Gasteiger partial charge < -0.3 is 10.2 Å². The van der Waals surface area contributed by atoms with Crippen molar-refractivity contribution in [1.82, 2.24) is 0 Å². The zero-order chi connectivity index (χ0) is 21.8. The molecule has 0 saturated heterocycles. The standard InChI is InChI=1S/C26H25N3O2/c1-17(2)16-28-23-11-7-5-9-21(23)26(25(28)31)27-22-10-6-4-8-20(22)24(30)29(26)19-14-12-18(3)13-15-19/h4-15,17,27H,16H2,1-3H3. The van der Waals surface area contributed by atoms with Crippen LogP contribution in [-0.2, 0) is 10.5 Å². The fourth-order valence-electron chi connectivity index (χ4n) is 4.63. The highest BCUT2D eigenvalue weighted by Crippen LogP contribution is 2.49. The van der Waals surface area contributed by atoms with Gasteiger partial charge in [-0.3, -0.25) is 14.5 Å². The van der Waals surface area contributed by atoms with E-state index in [4.69, 9.17) is 0 Å². The normalized spacial score (nSPS) is 19.6. The molecule has 5 nitrogen and oxygen atoms in total. The maximum absolute atomic E-state index is 14.2. The molecule has 2 aliphatic rings. The Morgan fingerprint density at radius 1 is 0.903 bits per heavy atom. The van der Waals surface area contributed by atoms with Crippen LogP contribution in [0.15, 0.2) is 72.8 Å². The minimum absolute atomic E-state index is 0.133. The third kappa shape index (κ3) is 2.76. The number of hydrogen-bond acceptors (Lipinski definition) is 3. The molecule has 5 heteroatoms. The number of aryl methyl sites for hydroxylation is 1. The predicted octanol–water partition coefficient (Wildman–Crippen LogP) is 4.92. The van der Waals surface area contributed by atoms with E-state index in [9.17, 15) is 9.59 Å². The molecular formula is C26H25N3O2. The van der Waals surface area contributed by atoms with E-state index in [2.05, 4.69) is 19.2 Å². The zero-order valence-electron chi connectivity index (χ0n) is 17.9. The molecule has 1 atom stereocenters. The highest BCUT2D eigenvalue weighted by atomic mass is 16.2. The topological polar surface area (TPSA) is 52.7 Å². The van der Waals surface area contributed by atoms with Gasteiger partial charge in [0.05, 0.1) is 11.3 Å². The molecule has 1 spiro atoms. The van der Waals surface area contributed by atoms with Gasteiger partial charge in [0.1, 0.15) is 0 Å². The summed E-state index contributed by atoms with van der Waals surface area (Å²) in [6, 6.07) is 22.9. The maximum Gasteiger partial charge on any atom is 0.279 e. The number of nitrogens with zero attached hydrogens (tertiary/aromatic N) is 2. The molecule has 0 aliphatic carbocycles. The number of nitrogens with one attached hydrogen (secondary N) is 1. The highest BCUT2D eigenvalue weighted by Gasteiger charge is 2.59. The Hall–Kier alpha value is -3.60. The van der Waals surface area contributed by atoms with Crippen LogP contribution in [0.1, 0.15) is 35.3 Å². The molecule has 0 aromatic heterocycles. The Bertz CT molecular complexity index is 1190. The number of benzene rings is 3. The van der Waals surface area contributed by atoms with E-state index in [1.54, 1.807) is 11.0 Å². The quantitative estimate of drug-likeness (QED) is 0.665. The third-order valence-electron chi connectivity index (χ3n) is 5.99. The lowest BCUT2D eigenvalue weighted by Crippen LogP contribution is -2.63. The Morgan fingerprint density at radius 2 is 1.58 bits per heavy atom. The van der Waals surface area contributed by atoms with Gasteiger partial charge in [0.2, 0.25) is 5.66 Å². The van der Waals surface area contributed by atoms with Gasteiger partial charge in [-0.2, -0.15) is 0 Å². The first-order valence-corrected chi connectivity index (χ1v) is 10.6. The van der Waals surface area contributed by atoms with E-state index in [1.165, 1.54) is 0 Å². The summed E-state index contributed by atoms with van der Waals surface area (Å²) in [4.78, 5) is 31.5. The van der Waals surface area contributed by atoms with E-state index in [0.717, 1.165) is 16.8 Å². The number of carbonyl (C=O) groups is 2. The number of amides is 2. The molecule has 0 saturated carbocycles. The minimum atomic E-state index is -1.33. The van der Waals surface area contributed by atoms with E-state index >= 15 is 0 Å². The molecule has 1 N–H and O–H groups in total. The van der Waals surface area contributed by atoms with Gasteiger partial charge in [-0.1, -0.05) is 61.9 Å². The van der Waals surface area contributed by atoms with Crippen molar-refractivity contribution in [2.24, 2.45) is 5.92 Å². The lowest BCUT2D eigenvalue weighted by molar-refractivity contribution is -0.122. The third-order valence-corrected chi connectivity index (χ3v) is 5.99.